The number of unbranched alkanes of at least 4 members (excludes halogenated alkanes) is 4. The molecular weight excluding hydrogens is 681 g/mol. The molecule has 10 heteroatoms. The molecule has 1 aliphatic rings. The van der Waals surface area contributed by atoms with Gasteiger partial charge in [0.25, 0.3) is 5.78 Å². The number of aryl methyl sites for hydroxylation is 1. The second-order valence-electron chi connectivity index (χ2n) is 13.2. The van der Waals surface area contributed by atoms with Crippen molar-refractivity contribution < 1.29 is 0 Å². The van der Waals surface area contributed by atoms with Crippen LogP contribution in [-0.4, -0.2) is 49.6 Å². The second kappa shape index (κ2) is 21.2. The maximum Gasteiger partial charge on any atom is 0.269 e. The van der Waals surface area contributed by atoms with Gasteiger partial charge in [-0.15, -0.1) is 5.10 Å². The van der Waals surface area contributed by atoms with Crippen molar-refractivity contribution in [3.05, 3.63) is 108 Å². The Morgan fingerprint density at radius 2 is 1.53 bits per heavy atom. The van der Waals surface area contributed by atoms with Crippen molar-refractivity contribution in [1.29, 1.82) is 0 Å². The minimum atomic E-state index is 0.585. The van der Waals surface area contributed by atoms with E-state index in [-0.39, 0.29) is 0 Å². The van der Waals surface area contributed by atoms with Crippen molar-refractivity contribution in [3.8, 4) is 11.3 Å². The topological polar surface area (TPSA) is 111 Å². The molecule has 0 bridgehead atoms. The Hall–Kier alpha value is -5.77. The lowest BCUT2D eigenvalue weighted by Crippen LogP contribution is -2.29. The van der Waals surface area contributed by atoms with Crippen LogP contribution in [0.5, 0.6) is 0 Å². The van der Waals surface area contributed by atoms with Gasteiger partial charge in [-0.3, -0.25) is 15.0 Å². The molecule has 1 aliphatic heterocycles. The molecule has 0 amide bonds. The van der Waals surface area contributed by atoms with Gasteiger partial charge in [-0.2, -0.15) is 0 Å². The lowest BCUT2D eigenvalue weighted by atomic mass is 10.0. The zero-order valence-electron chi connectivity index (χ0n) is 33.4. The molecule has 3 N–H and O–H groups in total. The van der Waals surface area contributed by atoms with E-state index in [1.165, 1.54) is 62.6 Å². The van der Waals surface area contributed by atoms with Crippen LogP contribution in [-0.2, 0) is 6.42 Å². The molecule has 0 saturated carbocycles. The highest BCUT2D eigenvalue weighted by Gasteiger charge is 2.18. The van der Waals surface area contributed by atoms with Gasteiger partial charge in [0, 0.05) is 48.0 Å². The number of pyridine rings is 2. The molecule has 0 aliphatic carbocycles. The van der Waals surface area contributed by atoms with E-state index >= 15 is 0 Å². The third kappa shape index (κ3) is 10.7. The monoisotopic (exact) mass is 738 g/mol. The average Bonchev–Trinajstić information content (AvgIpc) is 3.23. The lowest BCUT2D eigenvalue weighted by molar-refractivity contribution is 0.578. The van der Waals surface area contributed by atoms with Gasteiger partial charge in [-0.25, -0.2) is 14.7 Å². The Morgan fingerprint density at radius 1 is 0.818 bits per heavy atom. The van der Waals surface area contributed by atoms with E-state index in [0.717, 1.165) is 70.5 Å². The highest BCUT2D eigenvalue weighted by atomic mass is 15.5. The van der Waals surface area contributed by atoms with Crippen molar-refractivity contribution in [1.82, 2.24) is 29.8 Å². The summed E-state index contributed by atoms with van der Waals surface area (Å²) in [4.78, 5) is 20.6. The molecule has 0 atom stereocenters. The van der Waals surface area contributed by atoms with Crippen LogP contribution in [0.15, 0.2) is 96.5 Å². The molecule has 0 unspecified atom stereocenters. The molecule has 1 fully saturated rings. The first-order chi connectivity index (χ1) is 27.2. The van der Waals surface area contributed by atoms with Crippen molar-refractivity contribution >= 4 is 52.7 Å². The van der Waals surface area contributed by atoms with Crippen molar-refractivity contribution in [2.24, 2.45) is 4.99 Å². The summed E-state index contributed by atoms with van der Waals surface area (Å²) in [5.74, 6) is 0.585. The van der Waals surface area contributed by atoms with Gasteiger partial charge in [-0.05, 0) is 105 Å². The van der Waals surface area contributed by atoms with Crippen molar-refractivity contribution in [3.63, 3.8) is 0 Å². The molecule has 55 heavy (non-hydrogen) atoms. The number of nitrogens with zero attached hydrogens (tertiary/aromatic N) is 7. The van der Waals surface area contributed by atoms with Crippen molar-refractivity contribution in [2.75, 3.05) is 28.6 Å². The maximum absolute atomic E-state index is 4.94. The fourth-order valence-electron chi connectivity index (χ4n) is 6.73. The summed E-state index contributed by atoms with van der Waals surface area (Å²) in [7, 11) is 0. The predicted molar refractivity (Wildman–Crippen MR) is 233 cm³/mol. The van der Waals surface area contributed by atoms with Crippen LogP contribution in [0.25, 0.3) is 28.8 Å². The highest BCUT2D eigenvalue weighted by molar-refractivity contribution is 5.90. The summed E-state index contributed by atoms with van der Waals surface area (Å²) in [6.45, 7) is 16.4. The summed E-state index contributed by atoms with van der Waals surface area (Å²) in [6.07, 6.45) is 20.2. The third-order valence-electron chi connectivity index (χ3n) is 9.48. The van der Waals surface area contributed by atoms with Gasteiger partial charge >= 0.3 is 0 Å². The van der Waals surface area contributed by atoms with Crippen LogP contribution in [0.1, 0.15) is 103 Å². The van der Waals surface area contributed by atoms with Crippen LogP contribution >= 0.6 is 0 Å². The first kappa shape index (κ1) is 40.4. The quantitative estimate of drug-likeness (QED) is 0.0710. The molecule has 7 rings (SSSR count). The summed E-state index contributed by atoms with van der Waals surface area (Å²) < 4.78 is 1.86. The van der Waals surface area contributed by atoms with Crippen LogP contribution in [0.2, 0.25) is 0 Å². The number of H-pyrrole nitrogens is 1. The molecule has 288 valence electrons. The molecule has 2 aromatic carbocycles. The minimum absolute atomic E-state index is 0.585. The van der Waals surface area contributed by atoms with E-state index in [9.17, 15) is 0 Å². The van der Waals surface area contributed by atoms with E-state index < -0.39 is 0 Å². The Labute approximate surface area is 327 Å². The van der Waals surface area contributed by atoms with E-state index in [4.69, 9.17) is 4.98 Å². The van der Waals surface area contributed by atoms with Crippen LogP contribution in [0.4, 0.5) is 28.4 Å². The summed E-state index contributed by atoms with van der Waals surface area (Å²) >= 11 is 0. The molecule has 0 radical (unpaired) electrons. The van der Waals surface area contributed by atoms with E-state index in [1.807, 2.05) is 74.9 Å². The van der Waals surface area contributed by atoms with Gasteiger partial charge in [0.05, 0.1) is 46.5 Å². The fraction of sp³-hybridized carbons (Fsp3) is 0.356. The number of aromatic nitrogens is 6. The third-order valence-corrected chi connectivity index (χ3v) is 9.48. The first-order valence-corrected chi connectivity index (χ1v) is 20.2. The van der Waals surface area contributed by atoms with Crippen molar-refractivity contribution in [2.45, 2.75) is 92.4 Å². The van der Waals surface area contributed by atoms with Crippen LogP contribution < -0.4 is 15.5 Å². The Kier molecular flexibility index (Phi) is 15.6. The molecular formula is C45H58N10. The Balaban J connectivity index is 0.00000140. The van der Waals surface area contributed by atoms with E-state index in [2.05, 4.69) is 96.9 Å². The molecule has 4 aromatic heterocycles. The molecule has 0 spiro atoms. The number of aliphatic imine (C=N–C) groups is 1. The zero-order chi connectivity index (χ0) is 38.8. The number of fused-ring (bicyclic) bond motifs is 1. The summed E-state index contributed by atoms with van der Waals surface area (Å²) in [5, 5.41) is 14.7. The largest absolute Gasteiger partial charge is 0.371 e. The number of anilines is 5. The number of benzene rings is 2. The minimum Gasteiger partial charge on any atom is -0.371 e. The normalized spacial score (nSPS) is 12.7. The number of hydrogen-bond acceptors (Lipinski definition) is 8. The summed E-state index contributed by atoms with van der Waals surface area (Å²) in [5.41, 5.74) is 10.5. The number of aromatic amines is 1. The smallest absolute Gasteiger partial charge is 0.269 e. The highest BCUT2D eigenvalue weighted by Crippen LogP contribution is 2.36. The SMILES string of the molecule is C=N/C(=C\c1cc(-c2ccc(N3CCCCC3)cc2Nc2cccnc2)nc2n[nH]n12)c1ccc(CCCCCCC)cc1Nc1cccnc1.CC.CC. The van der Waals surface area contributed by atoms with Gasteiger partial charge < -0.3 is 15.5 Å². The molecule has 5 heterocycles. The number of hydrogen-bond donors (Lipinski definition) is 3. The Bertz CT molecular complexity index is 2080. The van der Waals surface area contributed by atoms with Gasteiger partial charge in [0.2, 0.25) is 0 Å². The lowest BCUT2D eigenvalue weighted by Gasteiger charge is -2.29. The first-order valence-electron chi connectivity index (χ1n) is 20.2. The Morgan fingerprint density at radius 3 is 2.16 bits per heavy atom. The predicted octanol–water partition coefficient (Wildman–Crippen LogP) is 11.8. The van der Waals surface area contributed by atoms with Gasteiger partial charge in [-0.1, -0.05) is 72.4 Å². The average molecular weight is 739 g/mol. The fourth-order valence-corrected chi connectivity index (χ4v) is 6.73. The maximum atomic E-state index is 4.94. The molecule has 10 nitrogen and oxygen atoms in total. The molecule has 1 saturated heterocycles. The van der Waals surface area contributed by atoms with Gasteiger partial charge in [0.1, 0.15) is 0 Å². The number of nitrogens with one attached hydrogen (secondary N) is 3. The van der Waals surface area contributed by atoms with Crippen LogP contribution in [0.3, 0.4) is 0 Å². The van der Waals surface area contributed by atoms with E-state index in [1.54, 1.807) is 12.4 Å². The second-order valence-corrected chi connectivity index (χ2v) is 13.2. The summed E-state index contributed by atoms with van der Waals surface area (Å²) in [6, 6.07) is 23.2. The standard InChI is InChI=1S/C41H46N10.2C2H6/c1-3-4-5-6-8-13-30-16-18-35(38(24-30)45-31-14-11-20-43-28-31)37(42-2)26-34-27-40(47-41-48-49-51(34)41)36-19-17-33(50-22-9-7-10-23-50)25-39(36)46-32-15-12-21-44-29-32;2*1-2/h11-12,14-21,24-29,45-46,49H,2-10,13,22-23H2,1H3;2*1-2H3/b37-26-;;. The number of rotatable bonds is 15. The van der Waals surface area contributed by atoms with Crippen LogP contribution in [0, 0.1) is 0 Å². The van der Waals surface area contributed by atoms with E-state index in [0.29, 0.717) is 5.78 Å². The zero-order valence-corrected chi connectivity index (χ0v) is 33.4. The molecule has 6 aromatic rings. The number of piperidine rings is 1. The van der Waals surface area contributed by atoms with Gasteiger partial charge in [0.15, 0.2) is 0 Å².